The first-order valence-corrected chi connectivity index (χ1v) is 9.44. The number of nitrogens with one attached hydrogen (secondary N) is 1. The summed E-state index contributed by atoms with van der Waals surface area (Å²) in [5.41, 5.74) is 3.57. The normalized spacial score (nSPS) is 10.6. The van der Waals surface area contributed by atoms with Crippen LogP contribution in [0.2, 0.25) is 0 Å². The van der Waals surface area contributed by atoms with Gasteiger partial charge in [0.1, 0.15) is 11.6 Å². The quantitative estimate of drug-likeness (QED) is 0.515. The molecule has 0 fully saturated rings. The molecular weight excluding hydrogens is 380 g/mol. The number of rotatable bonds is 6. The van der Waals surface area contributed by atoms with Gasteiger partial charge in [0.2, 0.25) is 5.82 Å². The lowest BCUT2D eigenvalue weighted by Gasteiger charge is -2.08. The van der Waals surface area contributed by atoms with Crippen LogP contribution in [-0.2, 0) is 4.79 Å². The van der Waals surface area contributed by atoms with E-state index in [0.29, 0.717) is 28.8 Å². The second-order valence-corrected chi connectivity index (χ2v) is 6.82. The number of ether oxygens (including phenoxy) is 1. The van der Waals surface area contributed by atoms with Crippen LogP contribution in [0.3, 0.4) is 0 Å². The molecule has 2 aromatic carbocycles. The van der Waals surface area contributed by atoms with Gasteiger partial charge in [-0.05, 0) is 44.2 Å². The molecule has 4 aromatic rings. The number of nitrogens with zero attached hydrogens (tertiary/aromatic N) is 3. The minimum atomic E-state index is -0.294. The Balaban J connectivity index is 1.41. The van der Waals surface area contributed by atoms with Gasteiger partial charge < -0.3 is 14.6 Å². The maximum atomic E-state index is 12.1. The highest BCUT2D eigenvalue weighted by molar-refractivity contribution is 5.90. The Morgan fingerprint density at radius 2 is 1.77 bits per heavy atom. The summed E-state index contributed by atoms with van der Waals surface area (Å²) in [5.74, 6) is 1.62. The Kier molecular flexibility index (Phi) is 5.52. The topological polar surface area (TPSA) is 90.1 Å². The largest absolute Gasteiger partial charge is 0.484 e. The summed E-state index contributed by atoms with van der Waals surface area (Å²) in [7, 11) is 0. The number of hydrogen-bond donors (Lipinski definition) is 1. The van der Waals surface area contributed by atoms with Crippen LogP contribution in [0, 0.1) is 13.8 Å². The monoisotopic (exact) mass is 400 g/mol. The highest BCUT2D eigenvalue weighted by Gasteiger charge is 2.12. The van der Waals surface area contributed by atoms with Gasteiger partial charge in [-0.15, -0.1) is 0 Å². The van der Waals surface area contributed by atoms with Crippen molar-refractivity contribution in [3.05, 3.63) is 78.0 Å². The maximum absolute atomic E-state index is 12.1. The lowest BCUT2D eigenvalue weighted by molar-refractivity contribution is -0.118. The molecule has 2 aromatic heterocycles. The number of hydrogen-bond acceptors (Lipinski definition) is 6. The Bertz CT molecular complexity index is 1170. The van der Waals surface area contributed by atoms with Gasteiger partial charge in [-0.2, -0.15) is 4.98 Å². The van der Waals surface area contributed by atoms with Crippen LogP contribution in [0.4, 0.5) is 5.82 Å². The van der Waals surface area contributed by atoms with Gasteiger partial charge in [-0.1, -0.05) is 47.1 Å². The average Bonchev–Trinajstić information content (AvgIpc) is 3.23. The van der Waals surface area contributed by atoms with E-state index in [1.807, 2.05) is 56.3 Å². The van der Waals surface area contributed by atoms with E-state index in [1.54, 1.807) is 24.3 Å². The summed E-state index contributed by atoms with van der Waals surface area (Å²) in [5, 5.41) is 6.76. The zero-order valence-corrected chi connectivity index (χ0v) is 16.6. The van der Waals surface area contributed by atoms with Crippen molar-refractivity contribution in [2.75, 3.05) is 11.9 Å². The van der Waals surface area contributed by atoms with Crippen LogP contribution in [0.5, 0.6) is 5.75 Å². The zero-order valence-electron chi connectivity index (χ0n) is 16.6. The Labute approximate surface area is 173 Å². The van der Waals surface area contributed by atoms with E-state index in [4.69, 9.17) is 9.26 Å². The van der Waals surface area contributed by atoms with Gasteiger partial charge >= 0.3 is 0 Å². The van der Waals surface area contributed by atoms with E-state index in [-0.39, 0.29) is 12.5 Å². The zero-order chi connectivity index (χ0) is 20.9. The summed E-state index contributed by atoms with van der Waals surface area (Å²) < 4.78 is 11.0. The van der Waals surface area contributed by atoms with Gasteiger partial charge in [-0.3, -0.25) is 4.79 Å². The molecule has 0 saturated carbocycles. The Hall–Kier alpha value is -4.00. The SMILES string of the molecule is Cc1ccc(-c2noc(-c3cccc(OCC(=O)Nc4cccc(C)n4)c3)n2)cc1. The molecule has 4 rings (SSSR count). The maximum Gasteiger partial charge on any atom is 0.263 e. The molecule has 0 aliphatic carbocycles. The van der Waals surface area contributed by atoms with Gasteiger partial charge in [-0.25, -0.2) is 4.98 Å². The Morgan fingerprint density at radius 1 is 0.967 bits per heavy atom. The first-order valence-electron chi connectivity index (χ1n) is 9.44. The number of anilines is 1. The molecule has 2 heterocycles. The number of carbonyl (C=O) groups is 1. The van der Waals surface area contributed by atoms with Gasteiger partial charge in [0.15, 0.2) is 6.61 Å². The first kappa shape index (κ1) is 19.3. The van der Waals surface area contributed by atoms with Crippen molar-refractivity contribution in [1.29, 1.82) is 0 Å². The molecule has 0 saturated heterocycles. The third kappa shape index (κ3) is 4.70. The minimum Gasteiger partial charge on any atom is -0.484 e. The van der Waals surface area contributed by atoms with Crippen LogP contribution in [0.1, 0.15) is 11.3 Å². The number of aromatic nitrogens is 3. The molecule has 0 atom stereocenters. The van der Waals surface area contributed by atoms with Crippen LogP contribution in [0.15, 0.2) is 71.3 Å². The fraction of sp³-hybridized carbons (Fsp3) is 0.130. The molecule has 1 amide bonds. The molecule has 1 N–H and O–H groups in total. The summed E-state index contributed by atoms with van der Waals surface area (Å²) >= 11 is 0. The standard InChI is InChI=1S/C23H20N4O3/c1-15-9-11-17(12-10-15)22-26-23(30-27-22)18-6-4-7-19(13-18)29-14-21(28)25-20-8-3-5-16(2)24-20/h3-13H,14H2,1-2H3,(H,24,25,28). The average molecular weight is 400 g/mol. The number of pyridine rings is 1. The van der Waals surface area contributed by atoms with Crippen LogP contribution < -0.4 is 10.1 Å². The molecule has 0 aliphatic heterocycles. The lowest BCUT2D eigenvalue weighted by atomic mass is 10.1. The van der Waals surface area contributed by atoms with Crippen molar-refractivity contribution >= 4 is 11.7 Å². The molecule has 0 radical (unpaired) electrons. The van der Waals surface area contributed by atoms with Crippen molar-refractivity contribution < 1.29 is 14.1 Å². The lowest BCUT2D eigenvalue weighted by Crippen LogP contribution is -2.20. The first-order chi connectivity index (χ1) is 14.6. The summed E-state index contributed by atoms with van der Waals surface area (Å²) in [6.45, 7) is 3.74. The van der Waals surface area contributed by atoms with E-state index in [2.05, 4.69) is 20.4 Å². The molecule has 0 aliphatic rings. The predicted octanol–water partition coefficient (Wildman–Crippen LogP) is 4.43. The van der Waals surface area contributed by atoms with Crippen LogP contribution in [0.25, 0.3) is 22.8 Å². The highest BCUT2D eigenvalue weighted by Crippen LogP contribution is 2.25. The van der Waals surface area contributed by atoms with Crippen molar-refractivity contribution in [1.82, 2.24) is 15.1 Å². The predicted molar refractivity (Wildman–Crippen MR) is 113 cm³/mol. The smallest absolute Gasteiger partial charge is 0.263 e. The van der Waals surface area contributed by atoms with Crippen molar-refractivity contribution in [2.45, 2.75) is 13.8 Å². The minimum absolute atomic E-state index is 0.141. The van der Waals surface area contributed by atoms with E-state index in [9.17, 15) is 4.79 Å². The number of amides is 1. The van der Waals surface area contributed by atoms with Gasteiger partial charge in [0, 0.05) is 16.8 Å². The number of benzene rings is 2. The number of carbonyl (C=O) groups excluding carboxylic acids is 1. The number of aryl methyl sites for hydroxylation is 2. The fourth-order valence-electron chi connectivity index (χ4n) is 2.82. The third-order valence-corrected chi connectivity index (χ3v) is 4.34. The van der Waals surface area contributed by atoms with Crippen LogP contribution >= 0.6 is 0 Å². The highest BCUT2D eigenvalue weighted by atomic mass is 16.5. The molecular formula is C23H20N4O3. The van der Waals surface area contributed by atoms with Gasteiger partial charge in [0.25, 0.3) is 11.8 Å². The second kappa shape index (κ2) is 8.57. The van der Waals surface area contributed by atoms with Crippen molar-refractivity contribution in [3.63, 3.8) is 0 Å². The molecule has 30 heavy (non-hydrogen) atoms. The fourth-order valence-corrected chi connectivity index (χ4v) is 2.82. The van der Waals surface area contributed by atoms with E-state index in [0.717, 1.165) is 16.8 Å². The third-order valence-electron chi connectivity index (χ3n) is 4.34. The molecule has 0 bridgehead atoms. The van der Waals surface area contributed by atoms with Crippen molar-refractivity contribution in [3.8, 4) is 28.6 Å². The molecule has 7 nitrogen and oxygen atoms in total. The van der Waals surface area contributed by atoms with E-state index >= 15 is 0 Å². The van der Waals surface area contributed by atoms with Crippen molar-refractivity contribution in [2.24, 2.45) is 0 Å². The van der Waals surface area contributed by atoms with E-state index < -0.39 is 0 Å². The molecule has 150 valence electrons. The summed E-state index contributed by atoms with van der Waals surface area (Å²) in [6, 6.07) is 20.5. The summed E-state index contributed by atoms with van der Waals surface area (Å²) in [6.07, 6.45) is 0. The molecule has 0 unspecified atom stereocenters. The Morgan fingerprint density at radius 3 is 2.57 bits per heavy atom. The van der Waals surface area contributed by atoms with Gasteiger partial charge in [0.05, 0.1) is 0 Å². The van der Waals surface area contributed by atoms with E-state index in [1.165, 1.54) is 0 Å². The molecule has 7 heteroatoms. The van der Waals surface area contributed by atoms with Crippen LogP contribution in [-0.4, -0.2) is 27.6 Å². The second-order valence-electron chi connectivity index (χ2n) is 6.82. The summed E-state index contributed by atoms with van der Waals surface area (Å²) in [4.78, 5) is 20.8. The molecule has 0 spiro atoms.